The lowest BCUT2D eigenvalue weighted by Crippen LogP contribution is -2.30. The van der Waals surface area contributed by atoms with Gasteiger partial charge in [-0.1, -0.05) is 281 Å². The second-order valence-corrected chi connectivity index (χ2v) is 21.3. The van der Waals surface area contributed by atoms with Crippen molar-refractivity contribution in [2.45, 2.75) is 335 Å². The molecule has 0 aromatic heterocycles. The summed E-state index contributed by atoms with van der Waals surface area (Å²) >= 11 is 0. The van der Waals surface area contributed by atoms with E-state index >= 15 is 0 Å². The van der Waals surface area contributed by atoms with E-state index in [1.165, 1.54) is 193 Å². The standard InChI is InChI=1S/C67H120O6/c1-4-7-10-13-16-19-22-25-28-30-31-32-33-34-35-37-39-42-45-48-51-54-57-60-66(69)72-63-64(62-71-65(68)59-56-53-50-47-44-41-38-27-24-21-18-15-12-9-6-3)73-67(70)61-58-55-52-49-46-43-40-36-29-26-23-20-17-14-11-8-5-2/h18,21-22,25,27,30-31,33-34,38,64H,4-17,19-20,23-24,26,28-29,32,35-37,39-63H2,1-3H3/b21-18-,25-22-,31-30-,34-33-,38-27-. The molecule has 0 bridgehead atoms. The Hall–Kier alpha value is -2.89. The quantitative estimate of drug-likeness (QED) is 0.0261. The number of rotatable bonds is 58. The number of ether oxygens (including phenoxy) is 3. The summed E-state index contributed by atoms with van der Waals surface area (Å²) in [5.74, 6) is -0.882. The molecule has 0 spiro atoms. The first-order valence-corrected chi connectivity index (χ1v) is 31.8. The predicted molar refractivity (Wildman–Crippen MR) is 316 cm³/mol. The van der Waals surface area contributed by atoms with E-state index in [-0.39, 0.29) is 31.1 Å². The van der Waals surface area contributed by atoms with Gasteiger partial charge in [0.25, 0.3) is 0 Å². The molecule has 6 nitrogen and oxygen atoms in total. The topological polar surface area (TPSA) is 78.9 Å². The van der Waals surface area contributed by atoms with Crippen molar-refractivity contribution in [3.05, 3.63) is 60.8 Å². The number of hydrogen-bond donors (Lipinski definition) is 0. The average Bonchev–Trinajstić information content (AvgIpc) is 3.39. The third-order valence-corrected chi connectivity index (χ3v) is 14.0. The van der Waals surface area contributed by atoms with E-state index < -0.39 is 6.10 Å². The average molecular weight is 1020 g/mol. The SMILES string of the molecule is CCCCC/C=C\C/C=C\CCCCCCCC(=O)OCC(COC(=O)CCCCCCCCCC/C=C\C/C=C\C/C=C\CCCCCCC)OC(=O)CCCCCCCCCCCCCCCCCCC. The Labute approximate surface area is 453 Å². The van der Waals surface area contributed by atoms with Gasteiger partial charge in [-0.2, -0.15) is 0 Å². The van der Waals surface area contributed by atoms with E-state index in [2.05, 4.69) is 81.5 Å². The molecule has 0 saturated carbocycles. The summed E-state index contributed by atoms with van der Waals surface area (Å²) in [6.45, 7) is 6.63. The molecule has 0 N–H and O–H groups in total. The van der Waals surface area contributed by atoms with Gasteiger partial charge >= 0.3 is 17.9 Å². The Morgan fingerprint density at radius 1 is 0.274 bits per heavy atom. The number of hydrogen-bond acceptors (Lipinski definition) is 6. The Morgan fingerprint density at radius 3 is 0.795 bits per heavy atom. The molecule has 0 aliphatic carbocycles. The first kappa shape index (κ1) is 70.1. The maximum absolute atomic E-state index is 12.9. The minimum absolute atomic E-state index is 0.0799. The van der Waals surface area contributed by atoms with Gasteiger partial charge in [-0.05, 0) is 89.9 Å². The van der Waals surface area contributed by atoms with Crippen molar-refractivity contribution in [1.82, 2.24) is 0 Å². The Morgan fingerprint density at radius 2 is 0.493 bits per heavy atom. The van der Waals surface area contributed by atoms with Crippen LogP contribution in [0.3, 0.4) is 0 Å². The molecule has 0 amide bonds. The lowest BCUT2D eigenvalue weighted by Gasteiger charge is -2.18. The second kappa shape index (κ2) is 61.7. The monoisotopic (exact) mass is 1020 g/mol. The molecular weight excluding hydrogens is 901 g/mol. The van der Waals surface area contributed by atoms with Gasteiger partial charge in [0.1, 0.15) is 13.2 Å². The zero-order chi connectivity index (χ0) is 52.9. The number of esters is 3. The number of allylic oxidation sites excluding steroid dienone is 10. The molecule has 0 aliphatic rings. The summed E-state index contributed by atoms with van der Waals surface area (Å²) in [5, 5.41) is 0. The summed E-state index contributed by atoms with van der Waals surface area (Å²) in [5.41, 5.74) is 0. The minimum atomic E-state index is -0.782. The summed E-state index contributed by atoms with van der Waals surface area (Å²) in [7, 11) is 0. The summed E-state index contributed by atoms with van der Waals surface area (Å²) in [6.07, 6.45) is 77.9. The van der Waals surface area contributed by atoms with Crippen LogP contribution in [0.25, 0.3) is 0 Å². The van der Waals surface area contributed by atoms with Crippen LogP contribution in [0.1, 0.15) is 329 Å². The van der Waals surface area contributed by atoms with E-state index in [9.17, 15) is 14.4 Å². The van der Waals surface area contributed by atoms with E-state index in [0.29, 0.717) is 19.3 Å². The largest absolute Gasteiger partial charge is 0.462 e. The van der Waals surface area contributed by atoms with Crippen LogP contribution in [0.2, 0.25) is 0 Å². The van der Waals surface area contributed by atoms with E-state index in [0.717, 1.165) is 96.3 Å². The maximum atomic E-state index is 12.9. The van der Waals surface area contributed by atoms with Crippen molar-refractivity contribution in [1.29, 1.82) is 0 Å². The fourth-order valence-electron chi connectivity index (χ4n) is 9.19. The third kappa shape index (κ3) is 59.9. The van der Waals surface area contributed by atoms with Crippen molar-refractivity contribution in [2.75, 3.05) is 13.2 Å². The Balaban J connectivity index is 4.35. The van der Waals surface area contributed by atoms with E-state index in [1.54, 1.807) is 0 Å². The summed E-state index contributed by atoms with van der Waals surface area (Å²) in [4.78, 5) is 38.3. The Bertz CT molecular complexity index is 1310. The fraction of sp³-hybridized carbons (Fsp3) is 0.806. The molecule has 0 heterocycles. The van der Waals surface area contributed by atoms with Crippen LogP contribution < -0.4 is 0 Å². The number of unbranched alkanes of at least 4 members (excludes halogenated alkanes) is 37. The van der Waals surface area contributed by atoms with Gasteiger partial charge in [0.15, 0.2) is 6.10 Å². The highest BCUT2D eigenvalue weighted by atomic mass is 16.6. The van der Waals surface area contributed by atoms with Crippen molar-refractivity contribution in [3.8, 4) is 0 Å². The zero-order valence-corrected chi connectivity index (χ0v) is 48.7. The van der Waals surface area contributed by atoms with Crippen LogP contribution in [0.5, 0.6) is 0 Å². The van der Waals surface area contributed by atoms with Crippen LogP contribution in [-0.2, 0) is 28.6 Å². The van der Waals surface area contributed by atoms with Gasteiger partial charge in [0, 0.05) is 19.3 Å². The van der Waals surface area contributed by atoms with Gasteiger partial charge in [0.05, 0.1) is 0 Å². The van der Waals surface area contributed by atoms with Crippen LogP contribution in [0.4, 0.5) is 0 Å². The summed E-state index contributed by atoms with van der Waals surface area (Å²) < 4.78 is 16.9. The highest BCUT2D eigenvalue weighted by molar-refractivity contribution is 5.71. The summed E-state index contributed by atoms with van der Waals surface area (Å²) in [6, 6.07) is 0. The normalized spacial score (nSPS) is 12.4. The molecule has 0 fully saturated rings. The van der Waals surface area contributed by atoms with E-state index in [1.807, 2.05) is 0 Å². The van der Waals surface area contributed by atoms with Gasteiger partial charge in [0.2, 0.25) is 0 Å². The predicted octanol–water partition coefficient (Wildman–Crippen LogP) is 21.6. The van der Waals surface area contributed by atoms with E-state index in [4.69, 9.17) is 14.2 Å². The molecule has 0 radical (unpaired) electrons. The zero-order valence-electron chi connectivity index (χ0n) is 48.7. The molecule has 0 saturated heterocycles. The first-order chi connectivity index (χ1) is 36.0. The number of carbonyl (C=O) groups is 3. The van der Waals surface area contributed by atoms with Gasteiger partial charge in [-0.3, -0.25) is 14.4 Å². The molecule has 1 unspecified atom stereocenters. The molecule has 424 valence electrons. The van der Waals surface area contributed by atoms with Gasteiger partial charge in [-0.15, -0.1) is 0 Å². The molecule has 0 aromatic carbocycles. The third-order valence-electron chi connectivity index (χ3n) is 14.0. The van der Waals surface area contributed by atoms with Crippen molar-refractivity contribution in [3.63, 3.8) is 0 Å². The Kier molecular flexibility index (Phi) is 59.2. The van der Waals surface area contributed by atoms with Crippen molar-refractivity contribution in [2.24, 2.45) is 0 Å². The van der Waals surface area contributed by atoms with Gasteiger partial charge in [-0.25, -0.2) is 0 Å². The highest BCUT2D eigenvalue weighted by Gasteiger charge is 2.19. The second-order valence-electron chi connectivity index (χ2n) is 21.3. The highest BCUT2D eigenvalue weighted by Crippen LogP contribution is 2.17. The molecule has 6 heteroatoms. The molecule has 73 heavy (non-hydrogen) atoms. The molecule has 0 rings (SSSR count). The smallest absolute Gasteiger partial charge is 0.306 e. The molecule has 0 aliphatic heterocycles. The van der Waals surface area contributed by atoms with Crippen LogP contribution in [0.15, 0.2) is 60.8 Å². The van der Waals surface area contributed by atoms with Crippen LogP contribution >= 0.6 is 0 Å². The molecular formula is C67H120O6. The maximum Gasteiger partial charge on any atom is 0.306 e. The first-order valence-electron chi connectivity index (χ1n) is 31.8. The van der Waals surface area contributed by atoms with Crippen molar-refractivity contribution < 1.29 is 28.6 Å². The fourth-order valence-corrected chi connectivity index (χ4v) is 9.19. The van der Waals surface area contributed by atoms with Crippen LogP contribution in [-0.4, -0.2) is 37.2 Å². The van der Waals surface area contributed by atoms with Gasteiger partial charge < -0.3 is 14.2 Å². The minimum Gasteiger partial charge on any atom is -0.462 e. The molecule has 0 aromatic rings. The lowest BCUT2D eigenvalue weighted by molar-refractivity contribution is -0.167. The van der Waals surface area contributed by atoms with Crippen LogP contribution in [0, 0.1) is 0 Å². The lowest BCUT2D eigenvalue weighted by atomic mass is 10.0. The molecule has 1 atom stereocenters. The number of carbonyl (C=O) groups excluding carboxylic acids is 3. The van der Waals surface area contributed by atoms with Crippen molar-refractivity contribution >= 4 is 17.9 Å².